The van der Waals surface area contributed by atoms with Crippen LogP contribution in [0.5, 0.6) is 0 Å². The average molecular weight is 431 g/mol. The molecule has 1 aliphatic heterocycles. The van der Waals surface area contributed by atoms with E-state index >= 15 is 0 Å². The smallest absolute Gasteiger partial charge is 0.308 e. The third kappa shape index (κ3) is 3.64. The SMILES string of the molecule is O=C(CCN1C(=O)[C@@H]2[C@@H]3CC[C@@H](C3)[C@@H]2C1=O)OCC(=O)c1ccc(-c2ccccc2)cc1. The first-order valence-electron chi connectivity index (χ1n) is 11.2. The van der Waals surface area contributed by atoms with Gasteiger partial charge in [0.15, 0.2) is 12.4 Å². The second-order valence-corrected chi connectivity index (χ2v) is 8.99. The number of amides is 2. The van der Waals surface area contributed by atoms with Crippen LogP contribution in [0.2, 0.25) is 0 Å². The van der Waals surface area contributed by atoms with E-state index in [2.05, 4.69) is 0 Å². The molecule has 3 aliphatic rings. The van der Waals surface area contributed by atoms with Gasteiger partial charge in [-0.05, 0) is 42.2 Å². The zero-order valence-electron chi connectivity index (χ0n) is 17.7. The predicted molar refractivity (Wildman–Crippen MR) is 116 cm³/mol. The van der Waals surface area contributed by atoms with Crippen LogP contribution >= 0.6 is 0 Å². The van der Waals surface area contributed by atoms with Crippen molar-refractivity contribution in [3.8, 4) is 11.1 Å². The van der Waals surface area contributed by atoms with Gasteiger partial charge in [-0.3, -0.25) is 24.1 Å². The van der Waals surface area contributed by atoms with E-state index < -0.39 is 5.97 Å². The number of fused-ring (bicyclic) bond motifs is 5. The summed E-state index contributed by atoms with van der Waals surface area (Å²) in [5.41, 5.74) is 2.52. The topological polar surface area (TPSA) is 80.8 Å². The minimum Gasteiger partial charge on any atom is -0.457 e. The van der Waals surface area contributed by atoms with Crippen LogP contribution in [0.4, 0.5) is 0 Å². The van der Waals surface area contributed by atoms with E-state index in [-0.39, 0.29) is 49.0 Å². The van der Waals surface area contributed by atoms with Gasteiger partial charge < -0.3 is 4.74 Å². The van der Waals surface area contributed by atoms with Crippen molar-refractivity contribution in [2.75, 3.05) is 13.2 Å². The fourth-order valence-corrected chi connectivity index (χ4v) is 5.67. The maximum absolute atomic E-state index is 12.7. The molecule has 164 valence electrons. The molecule has 0 unspecified atom stereocenters. The number of nitrogens with zero attached hydrogens (tertiary/aromatic N) is 1. The Labute approximate surface area is 186 Å². The quantitative estimate of drug-likeness (QED) is 0.381. The zero-order chi connectivity index (χ0) is 22.2. The van der Waals surface area contributed by atoms with Crippen molar-refractivity contribution >= 4 is 23.6 Å². The summed E-state index contributed by atoms with van der Waals surface area (Å²) >= 11 is 0. The van der Waals surface area contributed by atoms with Gasteiger partial charge in [-0.15, -0.1) is 0 Å². The Morgan fingerprint density at radius 2 is 1.44 bits per heavy atom. The van der Waals surface area contributed by atoms with Crippen molar-refractivity contribution in [1.82, 2.24) is 4.90 Å². The number of hydrogen-bond acceptors (Lipinski definition) is 5. The Bertz CT molecular complexity index is 1030. The number of likely N-dealkylation sites (tertiary alicyclic amines) is 1. The lowest BCUT2D eigenvalue weighted by atomic mass is 9.81. The molecular formula is C26H25NO5. The molecule has 32 heavy (non-hydrogen) atoms. The minimum absolute atomic E-state index is 0.0307. The van der Waals surface area contributed by atoms with Gasteiger partial charge >= 0.3 is 5.97 Å². The number of rotatable bonds is 7. The number of ether oxygens (including phenoxy) is 1. The van der Waals surface area contributed by atoms with Crippen molar-refractivity contribution in [1.29, 1.82) is 0 Å². The van der Waals surface area contributed by atoms with Gasteiger partial charge in [0.05, 0.1) is 18.3 Å². The van der Waals surface area contributed by atoms with E-state index in [1.54, 1.807) is 12.1 Å². The van der Waals surface area contributed by atoms with Gasteiger partial charge in [-0.25, -0.2) is 0 Å². The van der Waals surface area contributed by atoms with Crippen molar-refractivity contribution in [2.45, 2.75) is 25.7 Å². The van der Waals surface area contributed by atoms with Crippen LogP contribution in [0.15, 0.2) is 54.6 Å². The Hall–Kier alpha value is -3.28. The van der Waals surface area contributed by atoms with Crippen LogP contribution in [-0.2, 0) is 19.1 Å². The number of hydrogen-bond donors (Lipinski definition) is 0. The monoisotopic (exact) mass is 431 g/mol. The molecule has 0 N–H and O–H groups in total. The van der Waals surface area contributed by atoms with Crippen molar-refractivity contribution in [3.05, 3.63) is 60.2 Å². The van der Waals surface area contributed by atoms with E-state index in [0.717, 1.165) is 30.4 Å². The third-order valence-corrected chi connectivity index (χ3v) is 7.24. The summed E-state index contributed by atoms with van der Waals surface area (Å²) in [5.74, 6) is -0.856. The minimum atomic E-state index is -0.583. The second-order valence-electron chi connectivity index (χ2n) is 8.99. The second kappa shape index (κ2) is 8.34. The molecule has 2 aliphatic carbocycles. The van der Waals surface area contributed by atoms with Gasteiger partial charge in [-0.2, -0.15) is 0 Å². The molecule has 6 nitrogen and oxygen atoms in total. The molecule has 2 saturated carbocycles. The summed E-state index contributed by atoms with van der Waals surface area (Å²) in [5, 5.41) is 0. The molecule has 2 amide bonds. The summed E-state index contributed by atoms with van der Waals surface area (Å²) in [6, 6.07) is 17.0. The summed E-state index contributed by atoms with van der Waals surface area (Å²) in [4.78, 5) is 51.1. The normalized spacial score (nSPS) is 25.8. The van der Waals surface area contributed by atoms with Crippen LogP contribution < -0.4 is 0 Å². The molecule has 2 aromatic carbocycles. The molecule has 0 aromatic heterocycles. The standard InChI is InChI=1S/C26H25NO5/c28-21(18-8-6-17(7-9-18)16-4-2-1-3-5-16)15-32-22(29)12-13-27-25(30)23-19-10-11-20(14-19)24(23)26(27)31/h1-9,19-20,23-24H,10-15H2/t19-,20+,23-,24+. The molecule has 3 fully saturated rings. The first-order chi connectivity index (χ1) is 15.5. The highest BCUT2D eigenvalue weighted by Crippen LogP contribution is 2.56. The Morgan fingerprint density at radius 3 is 2.06 bits per heavy atom. The van der Waals surface area contributed by atoms with E-state index in [1.165, 1.54) is 4.90 Å². The Kier molecular flexibility index (Phi) is 5.37. The van der Waals surface area contributed by atoms with Crippen LogP contribution in [-0.4, -0.2) is 41.6 Å². The number of esters is 1. The van der Waals surface area contributed by atoms with Gasteiger partial charge in [-0.1, -0.05) is 54.6 Å². The lowest BCUT2D eigenvalue weighted by Gasteiger charge is -2.19. The maximum Gasteiger partial charge on any atom is 0.308 e. The number of ketones is 1. The van der Waals surface area contributed by atoms with E-state index in [4.69, 9.17) is 4.74 Å². The Morgan fingerprint density at radius 1 is 0.844 bits per heavy atom. The summed E-state index contributed by atoms with van der Waals surface area (Å²) in [6.07, 6.45) is 2.94. The van der Waals surface area contributed by atoms with Crippen LogP contribution in [0.25, 0.3) is 11.1 Å². The van der Waals surface area contributed by atoms with Gasteiger partial charge in [0.1, 0.15) is 0 Å². The first kappa shape index (κ1) is 20.6. The molecule has 0 spiro atoms. The number of imide groups is 1. The molecule has 0 radical (unpaired) electrons. The Balaban J connectivity index is 1.11. The van der Waals surface area contributed by atoms with Crippen LogP contribution in [0.1, 0.15) is 36.0 Å². The van der Waals surface area contributed by atoms with E-state index in [0.29, 0.717) is 17.4 Å². The summed E-state index contributed by atoms with van der Waals surface area (Å²) in [7, 11) is 0. The molecule has 1 saturated heterocycles. The fraction of sp³-hybridized carbons (Fsp3) is 0.385. The van der Waals surface area contributed by atoms with Crippen molar-refractivity contribution in [2.24, 2.45) is 23.7 Å². The van der Waals surface area contributed by atoms with Crippen molar-refractivity contribution in [3.63, 3.8) is 0 Å². The largest absolute Gasteiger partial charge is 0.457 e. The fourth-order valence-electron chi connectivity index (χ4n) is 5.67. The third-order valence-electron chi connectivity index (χ3n) is 7.24. The van der Waals surface area contributed by atoms with Crippen LogP contribution in [0, 0.1) is 23.7 Å². The predicted octanol–water partition coefficient (Wildman–Crippen LogP) is 3.50. The highest BCUT2D eigenvalue weighted by atomic mass is 16.5. The number of carbonyl (C=O) groups excluding carboxylic acids is 4. The van der Waals surface area contributed by atoms with Gasteiger partial charge in [0.25, 0.3) is 0 Å². The number of carbonyl (C=O) groups is 4. The molecular weight excluding hydrogens is 406 g/mol. The zero-order valence-corrected chi connectivity index (χ0v) is 17.7. The lowest BCUT2D eigenvalue weighted by molar-refractivity contribution is -0.145. The highest BCUT2D eigenvalue weighted by Gasteiger charge is 2.60. The number of benzene rings is 2. The molecule has 2 bridgehead atoms. The number of Topliss-reactive ketones (excluding diaryl/α,β-unsaturated/α-hetero) is 1. The van der Waals surface area contributed by atoms with Gasteiger partial charge in [0.2, 0.25) is 11.8 Å². The molecule has 6 heteroatoms. The summed E-state index contributed by atoms with van der Waals surface area (Å²) in [6.45, 7) is -0.330. The van der Waals surface area contributed by atoms with E-state index in [9.17, 15) is 19.2 Å². The van der Waals surface area contributed by atoms with Crippen LogP contribution in [0.3, 0.4) is 0 Å². The van der Waals surface area contributed by atoms with E-state index in [1.807, 2.05) is 42.5 Å². The molecule has 5 rings (SSSR count). The van der Waals surface area contributed by atoms with Crippen molar-refractivity contribution < 1.29 is 23.9 Å². The first-order valence-corrected chi connectivity index (χ1v) is 11.2. The summed E-state index contributed by atoms with van der Waals surface area (Å²) < 4.78 is 5.11. The van der Waals surface area contributed by atoms with Gasteiger partial charge in [0, 0.05) is 12.1 Å². The molecule has 2 aromatic rings. The highest BCUT2D eigenvalue weighted by molar-refractivity contribution is 6.06. The average Bonchev–Trinajstić information content (AvgIpc) is 3.51. The maximum atomic E-state index is 12.7. The lowest BCUT2D eigenvalue weighted by Crippen LogP contribution is -2.35. The molecule has 1 heterocycles. The molecule has 4 atom stereocenters.